The number of aliphatic hydroxyl groups is 2. The molecular formula is C26H33NO2. The predicted molar refractivity (Wildman–Crippen MR) is 118 cm³/mol. The first-order valence-electron chi connectivity index (χ1n) is 10.6. The fraction of sp³-hybridized carbons (Fsp3) is 0.462. The second-order valence-electron chi connectivity index (χ2n) is 8.96. The molecule has 0 amide bonds. The number of aryl methyl sites for hydroxylation is 1. The number of hydrogen-bond acceptors (Lipinski definition) is 3. The monoisotopic (exact) mass is 391 g/mol. The summed E-state index contributed by atoms with van der Waals surface area (Å²) in [6.07, 6.45) is 4.27. The molecule has 154 valence electrons. The normalized spacial score (nSPS) is 20.1. The van der Waals surface area contributed by atoms with Crippen molar-refractivity contribution in [3.8, 4) is 11.8 Å². The van der Waals surface area contributed by atoms with Gasteiger partial charge in [0, 0.05) is 30.7 Å². The summed E-state index contributed by atoms with van der Waals surface area (Å²) in [5, 5.41) is 19.9. The summed E-state index contributed by atoms with van der Waals surface area (Å²) in [6, 6.07) is 18.9. The lowest BCUT2D eigenvalue weighted by Gasteiger charge is -2.42. The molecule has 1 saturated heterocycles. The Morgan fingerprint density at radius 3 is 2.41 bits per heavy atom. The number of benzene rings is 2. The molecular weight excluding hydrogens is 358 g/mol. The SMILES string of the molecule is CC(C)(O)C#Cc1ccc(CN2CCCC(CO)(CCc3ccccc3)C2)cc1. The Balaban J connectivity index is 1.60. The van der Waals surface area contributed by atoms with Crippen molar-refractivity contribution >= 4 is 0 Å². The Labute approximate surface area is 175 Å². The van der Waals surface area contributed by atoms with Crippen LogP contribution in [0, 0.1) is 17.3 Å². The van der Waals surface area contributed by atoms with Crippen molar-refractivity contribution < 1.29 is 10.2 Å². The van der Waals surface area contributed by atoms with Crippen molar-refractivity contribution in [3.63, 3.8) is 0 Å². The molecule has 1 unspecified atom stereocenters. The summed E-state index contributed by atoms with van der Waals surface area (Å²) in [7, 11) is 0. The van der Waals surface area contributed by atoms with Crippen LogP contribution in [0.25, 0.3) is 0 Å². The summed E-state index contributed by atoms with van der Waals surface area (Å²) in [6.45, 7) is 6.55. The van der Waals surface area contributed by atoms with Crippen LogP contribution in [0.4, 0.5) is 0 Å². The topological polar surface area (TPSA) is 43.7 Å². The van der Waals surface area contributed by atoms with Gasteiger partial charge < -0.3 is 10.2 Å². The average Bonchev–Trinajstić information content (AvgIpc) is 2.72. The lowest BCUT2D eigenvalue weighted by molar-refractivity contribution is 0.0224. The molecule has 0 aromatic heterocycles. The predicted octanol–water partition coefficient (Wildman–Crippen LogP) is 4.02. The van der Waals surface area contributed by atoms with Crippen molar-refractivity contribution in [1.29, 1.82) is 0 Å². The third kappa shape index (κ3) is 6.72. The average molecular weight is 392 g/mol. The molecule has 1 aliphatic heterocycles. The van der Waals surface area contributed by atoms with E-state index in [1.165, 1.54) is 11.1 Å². The summed E-state index contributed by atoms with van der Waals surface area (Å²) in [4.78, 5) is 2.47. The van der Waals surface area contributed by atoms with Gasteiger partial charge >= 0.3 is 0 Å². The number of nitrogens with zero attached hydrogens (tertiary/aromatic N) is 1. The minimum absolute atomic E-state index is 0.00772. The van der Waals surface area contributed by atoms with Gasteiger partial charge in [-0.15, -0.1) is 0 Å². The molecule has 1 heterocycles. The molecule has 3 rings (SSSR count). The fourth-order valence-corrected chi connectivity index (χ4v) is 4.09. The van der Waals surface area contributed by atoms with E-state index in [9.17, 15) is 10.2 Å². The van der Waals surface area contributed by atoms with Gasteiger partial charge in [0.15, 0.2) is 0 Å². The zero-order valence-electron chi connectivity index (χ0n) is 17.7. The molecule has 0 saturated carbocycles. The molecule has 2 N–H and O–H groups in total. The summed E-state index contributed by atoms with van der Waals surface area (Å²) in [5.74, 6) is 5.88. The second-order valence-corrected chi connectivity index (χ2v) is 8.96. The Bertz CT molecular complexity index is 827. The Hall–Kier alpha value is -2.12. The van der Waals surface area contributed by atoms with Gasteiger partial charge in [-0.2, -0.15) is 0 Å². The summed E-state index contributed by atoms with van der Waals surface area (Å²) >= 11 is 0. The van der Waals surface area contributed by atoms with Crippen LogP contribution in [0.3, 0.4) is 0 Å². The highest BCUT2D eigenvalue weighted by molar-refractivity contribution is 5.37. The first-order chi connectivity index (χ1) is 13.9. The Morgan fingerprint density at radius 1 is 1.03 bits per heavy atom. The molecule has 3 nitrogen and oxygen atoms in total. The van der Waals surface area contributed by atoms with Crippen molar-refractivity contribution in [1.82, 2.24) is 4.90 Å². The standard InChI is InChI=1S/C26H33NO2/c1-25(2,29)16-13-23-9-11-24(12-10-23)19-27-18-6-15-26(20-27,21-28)17-14-22-7-4-3-5-8-22/h3-5,7-12,28-29H,6,14-15,17-21H2,1-2H3. The van der Waals surface area contributed by atoms with Crippen LogP contribution in [0.1, 0.15) is 49.8 Å². The molecule has 2 aromatic rings. The van der Waals surface area contributed by atoms with Gasteiger partial charge in [-0.25, -0.2) is 0 Å². The van der Waals surface area contributed by atoms with Gasteiger partial charge in [-0.05, 0) is 69.3 Å². The molecule has 0 bridgehead atoms. The number of aliphatic hydroxyl groups excluding tert-OH is 1. The molecule has 0 spiro atoms. The van der Waals surface area contributed by atoms with E-state index in [0.29, 0.717) is 0 Å². The van der Waals surface area contributed by atoms with Crippen LogP contribution >= 0.6 is 0 Å². The van der Waals surface area contributed by atoms with Crippen LogP contribution in [0.2, 0.25) is 0 Å². The van der Waals surface area contributed by atoms with Crippen molar-refractivity contribution in [3.05, 3.63) is 71.3 Å². The number of piperidine rings is 1. The Kier molecular flexibility index (Phi) is 7.14. The van der Waals surface area contributed by atoms with E-state index in [-0.39, 0.29) is 12.0 Å². The maximum absolute atomic E-state index is 10.2. The van der Waals surface area contributed by atoms with E-state index < -0.39 is 5.60 Å². The third-order valence-electron chi connectivity index (χ3n) is 5.74. The highest BCUT2D eigenvalue weighted by atomic mass is 16.3. The minimum Gasteiger partial charge on any atom is -0.396 e. The van der Waals surface area contributed by atoms with E-state index in [0.717, 1.165) is 50.9 Å². The third-order valence-corrected chi connectivity index (χ3v) is 5.74. The maximum atomic E-state index is 10.2. The minimum atomic E-state index is -0.972. The van der Waals surface area contributed by atoms with Crippen LogP contribution in [0.15, 0.2) is 54.6 Å². The molecule has 1 aliphatic rings. The van der Waals surface area contributed by atoms with Crippen LogP contribution in [-0.4, -0.2) is 40.4 Å². The van der Waals surface area contributed by atoms with E-state index in [4.69, 9.17) is 0 Å². The zero-order valence-corrected chi connectivity index (χ0v) is 17.7. The van der Waals surface area contributed by atoms with Crippen molar-refractivity contribution in [2.75, 3.05) is 19.7 Å². The molecule has 3 heteroatoms. The largest absolute Gasteiger partial charge is 0.396 e. The molecule has 29 heavy (non-hydrogen) atoms. The Morgan fingerprint density at radius 2 is 1.76 bits per heavy atom. The van der Waals surface area contributed by atoms with Crippen LogP contribution in [-0.2, 0) is 13.0 Å². The van der Waals surface area contributed by atoms with Crippen molar-refractivity contribution in [2.45, 2.75) is 51.7 Å². The van der Waals surface area contributed by atoms with Gasteiger partial charge in [0.2, 0.25) is 0 Å². The molecule has 1 atom stereocenters. The quantitative estimate of drug-likeness (QED) is 0.731. The zero-order chi connectivity index (χ0) is 20.7. The number of likely N-dealkylation sites (tertiary alicyclic amines) is 1. The highest BCUT2D eigenvalue weighted by Gasteiger charge is 2.34. The second kappa shape index (κ2) is 9.59. The van der Waals surface area contributed by atoms with Gasteiger partial charge in [-0.1, -0.05) is 54.3 Å². The van der Waals surface area contributed by atoms with E-state index >= 15 is 0 Å². The molecule has 0 aliphatic carbocycles. The molecule has 0 radical (unpaired) electrons. The van der Waals surface area contributed by atoms with Crippen molar-refractivity contribution in [2.24, 2.45) is 5.41 Å². The summed E-state index contributed by atoms with van der Waals surface area (Å²) in [5.41, 5.74) is 2.55. The van der Waals surface area contributed by atoms with Gasteiger partial charge in [0.05, 0.1) is 0 Å². The summed E-state index contributed by atoms with van der Waals surface area (Å²) < 4.78 is 0. The first kappa shape index (κ1) is 21.6. The van der Waals surface area contributed by atoms with Gasteiger partial charge in [0.25, 0.3) is 0 Å². The van der Waals surface area contributed by atoms with E-state index in [2.05, 4.69) is 59.2 Å². The lowest BCUT2D eigenvalue weighted by atomic mass is 9.76. The van der Waals surface area contributed by atoms with Gasteiger partial charge in [-0.3, -0.25) is 4.90 Å². The van der Waals surface area contributed by atoms with Gasteiger partial charge in [0.1, 0.15) is 5.60 Å². The number of hydrogen-bond donors (Lipinski definition) is 2. The molecule has 1 fully saturated rings. The first-order valence-corrected chi connectivity index (χ1v) is 10.6. The van der Waals surface area contributed by atoms with Crippen LogP contribution < -0.4 is 0 Å². The van der Waals surface area contributed by atoms with Crippen LogP contribution in [0.5, 0.6) is 0 Å². The fourth-order valence-electron chi connectivity index (χ4n) is 4.09. The molecule has 2 aromatic carbocycles. The smallest absolute Gasteiger partial charge is 0.120 e. The number of rotatable bonds is 6. The maximum Gasteiger partial charge on any atom is 0.120 e. The van der Waals surface area contributed by atoms with E-state index in [1.54, 1.807) is 13.8 Å². The highest BCUT2D eigenvalue weighted by Crippen LogP contribution is 2.35. The lowest BCUT2D eigenvalue weighted by Crippen LogP contribution is -2.45. The van der Waals surface area contributed by atoms with E-state index in [1.807, 2.05) is 12.1 Å².